The smallest absolute Gasteiger partial charge is 0.108 e. The Hall–Kier alpha value is -1.34. The molecule has 1 fully saturated rings. The van der Waals surface area contributed by atoms with Gasteiger partial charge in [0.2, 0.25) is 0 Å². The third-order valence-corrected chi connectivity index (χ3v) is 3.13. The first kappa shape index (κ1) is 11.2. The highest BCUT2D eigenvalue weighted by Crippen LogP contribution is 2.38. The lowest BCUT2D eigenvalue weighted by molar-refractivity contribution is -0.00790. The zero-order valence-electron chi connectivity index (χ0n) is 9.78. The molecule has 0 saturated carbocycles. The van der Waals surface area contributed by atoms with E-state index in [-0.39, 0.29) is 12.2 Å². The maximum absolute atomic E-state index is 6.04. The van der Waals surface area contributed by atoms with Crippen LogP contribution < -0.4 is 0 Å². The summed E-state index contributed by atoms with van der Waals surface area (Å²) in [5.74, 6) is 0. The van der Waals surface area contributed by atoms with Crippen molar-refractivity contribution >= 4 is 0 Å². The molecule has 0 spiro atoms. The molecule has 0 N–H and O–H groups in total. The molecule has 0 unspecified atom stereocenters. The first-order valence-corrected chi connectivity index (χ1v) is 5.79. The van der Waals surface area contributed by atoms with Crippen LogP contribution in [0.2, 0.25) is 0 Å². The van der Waals surface area contributed by atoms with Gasteiger partial charge in [-0.15, -0.1) is 0 Å². The van der Waals surface area contributed by atoms with Gasteiger partial charge in [0.15, 0.2) is 0 Å². The van der Waals surface area contributed by atoms with Gasteiger partial charge in [0.05, 0.1) is 6.10 Å². The SMILES string of the molecule is C=C1C[C@@H](CC)O[C@@H](c2ccccc2)C1=C. The van der Waals surface area contributed by atoms with E-state index < -0.39 is 0 Å². The minimum Gasteiger partial charge on any atom is -0.365 e. The topological polar surface area (TPSA) is 9.23 Å². The summed E-state index contributed by atoms with van der Waals surface area (Å²) in [7, 11) is 0. The van der Waals surface area contributed by atoms with Gasteiger partial charge in [0.25, 0.3) is 0 Å². The van der Waals surface area contributed by atoms with Crippen molar-refractivity contribution in [1.82, 2.24) is 0 Å². The predicted octanol–water partition coefficient (Wildman–Crippen LogP) is 4.04. The Bertz CT molecular complexity index is 391. The monoisotopic (exact) mass is 214 g/mol. The third-order valence-electron chi connectivity index (χ3n) is 3.13. The Morgan fingerprint density at radius 2 is 1.94 bits per heavy atom. The van der Waals surface area contributed by atoms with E-state index >= 15 is 0 Å². The average molecular weight is 214 g/mol. The highest BCUT2D eigenvalue weighted by atomic mass is 16.5. The largest absolute Gasteiger partial charge is 0.365 e. The van der Waals surface area contributed by atoms with Crippen LogP contribution in [0.15, 0.2) is 54.6 Å². The summed E-state index contributed by atoms with van der Waals surface area (Å²) in [5.41, 5.74) is 3.33. The Morgan fingerprint density at radius 3 is 2.56 bits per heavy atom. The van der Waals surface area contributed by atoms with Gasteiger partial charge in [-0.3, -0.25) is 0 Å². The summed E-state index contributed by atoms with van der Waals surface area (Å²) in [5, 5.41) is 0. The first-order valence-electron chi connectivity index (χ1n) is 5.79. The lowest BCUT2D eigenvalue weighted by atomic mass is 9.90. The summed E-state index contributed by atoms with van der Waals surface area (Å²) in [6.45, 7) is 10.3. The van der Waals surface area contributed by atoms with E-state index in [2.05, 4.69) is 32.2 Å². The van der Waals surface area contributed by atoms with Crippen molar-refractivity contribution in [2.75, 3.05) is 0 Å². The second-order valence-corrected chi connectivity index (χ2v) is 4.29. The summed E-state index contributed by atoms with van der Waals surface area (Å²) in [6, 6.07) is 10.2. The van der Waals surface area contributed by atoms with Crippen molar-refractivity contribution in [2.45, 2.75) is 32.0 Å². The minimum absolute atomic E-state index is 0.00704. The van der Waals surface area contributed by atoms with Gasteiger partial charge >= 0.3 is 0 Å². The van der Waals surface area contributed by atoms with E-state index in [0.717, 1.165) is 24.0 Å². The van der Waals surface area contributed by atoms with E-state index in [4.69, 9.17) is 4.74 Å². The maximum atomic E-state index is 6.04. The number of hydrogen-bond acceptors (Lipinski definition) is 1. The molecular weight excluding hydrogens is 196 g/mol. The highest BCUT2D eigenvalue weighted by molar-refractivity contribution is 5.38. The van der Waals surface area contributed by atoms with Crippen LogP contribution in [0.4, 0.5) is 0 Å². The molecule has 0 aromatic heterocycles. The van der Waals surface area contributed by atoms with Crippen molar-refractivity contribution in [2.24, 2.45) is 0 Å². The number of rotatable bonds is 2. The Balaban J connectivity index is 2.25. The lowest BCUT2D eigenvalue weighted by Crippen LogP contribution is -2.24. The zero-order chi connectivity index (χ0) is 11.5. The molecule has 1 heterocycles. The highest BCUT2D eigenvalue weighted by Gasteiger charge is 2.27. The molecule has 0 aliphatic carbocycles. The van der Waals surface area contributed by atoms with Crippen LogP contribution in [-0.4, -0.2) is 6.10 Å². The van der Waals surface area contributed by atoms with Crippen LogP contribution in [0.5, 0.6) is 0 Å². The zero-order valence-corrected chi connectivity index (χ0v) is 9.78. The van der Waals surface area contributed by atoms with Crippen LogP contribution in [0, 0.1) is 0 Å². The maximum Gasteiger partial charge on any atom is 0.108 e. The lowest BCUT2D eigenvalue weighted by Gasteiger charge is -2.33. The number of hydrogen-bond donors (Lipinski definition) is 0. The molecule has 1 heteroatoms. The summed E-state index contributed by atoms with van der Waals surface area (Å²) >= 11 is 0. The Morgan fingerprint density at radius 1 is 1.25 bits per heavy atom. The van der Waals surface area contributed by atoms with Crippen LogP contribution in [0.3, 0.4) is 0 Å². The van der Waals surface area contributed by atoms with Gasteiger partial charge in [-0.2, -0.15) is 0 Å². The fourth-order valence-electron chi connectivity index (χ4n) is 2.06. The Kier molecular flexibility index (Phi) is 3.25. The summed E-state index contributed by atoms with van der Waals surface area (Å²) < 4.78 is 6.04. The summed E-state index contributed by atoms with van der Waals surface area (Å²) in [6.07, 6.45) is 2.21. The number of ether oxygens (including phenoxy) is 1. The molecule has 1 aromatic carbocycles. The molecule has 1 aliphatic heterocycles. The molecular formula is C15H18O. The molecule has 0 bridgehead atoms. The molecule has 1 aliphatic rings. The quantitative estimate of drug-likeness (QED) is 0.722. The van der Waals surface area contributed by atoms with Crippen molar-refractivity contribution in [3.63, 3.8) is 0 Å². The van der Waals surface area contributed by atoms with Gasteiger partial charge in [-0.25, -0.2) is 0 Å². The first-order chi connectivity index (χ1) is 7.72. The molecule has 1 aromatic rings. The van der Waals surface area contributed by atoms with E-state index in [1.165, 1.54) is 5.56 Å². The van der Waals surface area contributed by atoms with E-state index in [0.29, 0.717) is 0 Å². The molecule has 2 rings (SSSR count). The molecule has 1 nitrogen and oxygen atoms in total. The normalized spacial score (nSPS) is 25.8. The van der Waals surface area contributed by atoms with Gasteiger partial charge in [0, 0.05) is 0 Å². The fourth-order valence-corrected chi connectivity index (χ4v) is 2.06. The minimum atomic E-state index is -0.00704. The van der Waals surface area contributed by atoms with Crippen LogP contribution in [-0.2, 0) is 4.74 Å². The van der Waals surface area contributed by atoms with Crippen molar-refractivity contribution in [3.05, 3.63) is 60.2 Å². The van der Waals surface area contributed by atoms with E-state index in [1.807, 2.05) is 18.2 Å². The van der Waals surface area contributed by atoms with Gasteiger partial charge in [-0.1, -0.05) is 50.4 Å². The van der Waals surface area contributed by atoms with Gasteiger partial charge in [0.1, 0.15) is 6.10 Å². The standard InChI is InChI=1S/C15H18O/c1-4-14-10-11(2)12(3)15(16-14)13-8-6-5-7-9-13/h5-9,14-15H,2-4,10H2,1H3/t14-,15-/m1/s1. The second-order valence-electron chi connectivity index (χ2n) is 4.29. The molecule has 0 amide bonds. The molecule has 2 atom stereocenters. The molecule has 16 heavy (non-hydrogen) atoms. The number of benzene rings is 1. The van der Waals surface area contributed by atoms with Gasteiger partial charge in [-0.05, 0) is 29.6 Å². The van der Waals surface area contributed by atoms with Gasteiger partial charge < -0.3 is 4.74 Å². The third kappa shape index (κ3) is 2.10. The molecule has 1 saturated heterocycles. The van der Waals surface area contributed by atoms with E-state index in [1.54, 1.807) is 0 Å². The van der Waals surface area contributed by atoms with Crippen molar-refractivity contribution < 1.29 is 4.74 Å². The average Bonchev–Trinajstić information content (AvgIpc) is 2.33. The van der Waals surface area contributed by atoms with Crippen LogP contribution >= 0.6 is 0 Å². The van der Waals surface area contributed by atoms with E-state index in [9.17, 15) is 0 Å². The van der Waals surface area contributed by atoms with Crippen LogP contribution in [0.25, 0.3) is 0 Å². The van der Waals surface area contributed by atoms with Crippen molar-refractivity contribution in [3.8, 4) is 0 Å². The van der Waals surface area contributed by atoms with Crippen molar-refractivity contribution in [1.29, 1.82) is 0 Å². The Labute approximate surface area is 97.4 Å². The fraction of sp³-hybridized carbons (Fsp3) is 0.333. The van der Waals surface area contributed by atoms with Crippen LogP contribution in [0.1, 0.15) is 31.4 Å². The second kappa shape index (κ2) is 4.67. The predicted molar refractivity (Wildman–Crippen MR) is 67.2 cm³/mol. The summed E-state index contributed by atoms with van der Waals surface area (Å²) in [4.78, 5) is 0. The molecule has 0 radical (unpaired) electrons. The molecule has 84 valence electrons.